The number of nitrogens with zero attached hydrogens (tertiary/aromatic N) is 4. The lowest BCUT2D eigenvalue weighted by molar-refractivity contribution is 0.626. The lowest BCUT2D eigenvalue weighted by Crippen LogP contribution is -2.34. The van der Waals surface area contributed by atoms with Crippen molar-refractivity contribution in [3.8, 4) is 0 Å². The fourth-order valence-electron chi connectivity index (χ4n) is 3.28. The van der Waals surface area contributed by atoms with Gasteiger partial charge in [-0.3, -0.25) is 15.0 Å². The Morgan fingerprint density at radius 3 is 2.39 bits per heavy atom. The van der Waals surface area contributed by atoms with Crippen LogP contribution in [0.25, 0.3) is 5.70 Å². The molecule has 0 radical (unpaired) electrons. The molecule has 2 aromatic carbocycles. The van der Waals surface area contributed by atoms with Crippen LogP contribution in [0.3, 0.4) is 0 Å². The summed E-state index contributed by atoms with van der Waals surface area (Å²) in [6, 6.07) is 17.5. The molecule has 6 N–H and O–H groups in total. The molecule has 4 rings (SSSR count). The first-order valence-electron chi connectivity index (χ1n) is 9.69. The Bertz CT molecular complexity index is 1170. The van der Waals surface area contributed by atoms with Gasteiger partial charge in [0.2, 0.25) is 0 Å². The summed E-state index contributed by atoms with van der Waals surface area (Å²) >= 11 is 0. The average molecular weight is 415 g/mol. The van der Waals surface area contributed by atoms with Gasteiger partial charge in [-0.2, -0.15) is 0 Å². The van der Waals surface area contributed by atoms with Crippen LogP contribution in [0.4, 0.5) is 10.1 Å². The first-order valence-corrected chi connectivity index (χ1v) is 9.69. The average Bonchev–Trinajstić information content (AvgIpc) is 3.30. The van der Waals surface area contributed by atoms with Crippen LogP contribution in [0, 0.1) is 5.82 Å². The molecule has 0 spiro atoms. The van der Waals surface area contributed by atoms with Gasteiger partial charge in [-0.05, 0) is 29.8 Å². The number of nitrogens with two attached hydrogens (primary N) is 3. The van der Waals surface area contributed by atoms with Crippen molar-refractivity contribution < 1.29 is 4.39 Å². The molecule has 0 bridgehead atoms. The molecule has 0 unspecified atom stereocenters. The van der Waals surface area contributed by atoms with Crippen molar-refractivity contribution in [3.05, 3.63) is 101 Å². The maximum Gasteiger partial charge on any atom is 0.155 e. The number of benzene rings is 2. The van der Waals surface area contributed by atoms with E-state index in [0.29, 0.717) is 41.6 Å². The van der Waals surface area contributed by atoms with Crippen molar-refractivity contribution in [1.82, 2.24) is 4.98 Å². The maximum absolute atomic E-state index is 14.4. The van der Waals surface area contributed by atoms with E-state index in [1.165, 1.54) is 11.1 Å². The van der Waals surface area contributed by atoms with Crippen LogP contribution >= 0.6 is 0 Å². The molecule has 31 heavy (non-hydrogen) atoms. The van der Waals surface area contributed by atoms with E-state index >= 15 is 0 Å². The number of halogens is 1. The third-order valence-corrected chi connectivity index (χ3v) is 4.94. The summed E-state index contributed by atoms with van der Waals surface area (Å²) in [6.07, 6.45) is 3.24. The molecule has 7 nitrogen and oxygen atoms in total. The smallest absolute Gasteiger partial charge is 0.155 e. The minimum absolute atomic E-state index is 0.189. The minimum Gasteiger partial charge on any atom is -0.395 e. The zero-order valence-corrected chi connectivity index (χ0v) is 16.7. The Balaban J connectivity index is 1.75. The summed E-state index contributed by atoms with van der Waals surface area (Å²) in [4.78, 5) is 13.2. The lowest BCUT2D eigenvalue weighted by atomic mass is 10.1. The quantitative estimate of drug-likeness (QED) is 0.422. The number of rotatable bonds is 6. The highest BCUT2D eigenvalue weighted by Crippen LogP contribution is 2.27. The van der Waals surface area contributed by atoms with E-state index in [0.717, 1.165) is 11.1 Å². The molecule has 8 heteroatoms. The van der Waals surface area contributed by atoms with Crippen molar-refractivity contribution in [2.45, 2.75) is 6.54 Å². The van der Waals surface area contributed by atoms with Crippen molar-refractivity contribution in [3.63, 3.8) is 0 Å². The second-order valence-corrected chi connectivity index (χ2v) is 6.92. The van der Waals surface area contributed by atoms with Crippen molar-refractivity contribution in [2.24, 2.45) is 27.3 Å². The van der Waals surface area contributed by atoms with Gasteiger partial charge < -0.3 is 11.5 Å². The van der Waals surface area contributed by atoms with E-state index in [1.54, 1.807) is 42.7 Å². The fourth-order valence-corrected chi connectivity index (χ4v) is 3.28. The zero-order valence-electron chi connectivity index (χ0n) is 16.7. The van der Waals surface area contributed by atoms with Gasteiger partial charge >= 0.3 is 0 Å². The Labute approximate surface area is 179 Å². The molecular weight excluding hydrogens is 393 g/mol. The van der Waals surface area contributed by atoms with Crippen LogP contribution in [-0.2, 0) is 6.54 Å². The molecule has 2 heterocycles. The third kappa shape index (κ3) is 4.20. The highest BCUT2D eigenvalue weighted by molar-refractivity contribution is 6.19. The normalized spacial score (nSPS) is 14.0. The van der Waals surface area contributed by atoms with Crippen LogP contribution in [0.2, 0.25) is 0 Å². The molecule has 0 saturated heterocycles. The van der Waals surface area contributed by atoms with E-state index in [4.69, 9.17) is 17.3 Å². The monoisotopic (exact) mass is 415 g/mol. The molecule has 156 valence electrons. The standard InChI is InChI=1S/C23H22FN7/c24-18-3-1-2-4-20(18)31(27)22(16-9-11-28-12-10-16)21(26)19-14-29-23(30-19)17-7-5-15(13-25)6-8-17/h1-12H,13-14,25-27H2/b22-21-. The second kappa shape index (κ2) is 8.86. The number of aliphatic imine (C=N–C) groups is 2. The summed E-state index contributed by atoms with van der Waals surface area (Å²) in [6.45, 7) is 0.758. The topological polar surface area (TPSA) is 119 Å². The van der Waals surface area contributed by atoms with Crippen LogP contribution in [0.1, 0.15) is 16.7 Å². The Hall–Kier alpha value is -3.88. The van der Waals surface area contributed by atoms with Crippen molar-refractivity contribution >= 4 is 22.9 Å². The highest BCUT2D eigenvalue weighted by Gasteiger charge is 2.22. The molecule has 0 saturated carbocycles. The largest absolute Gasteiger partial charge is 0.395 e. The Morgan fingerprint density at radius 2 is 1.71 bits per heavy atom. The summed E-state index contributed by atoms with van der Waals surface area (Å²) < 4.78 is 14.4. The van der Waals surface area contributed by atoms with Crippen molar-refractivity contribution in [1.29, 1.82) is 0 Å². The van der Waals surface area contributed by atoms with Crippen LogP contribution in [0.15, 0.2) is 88.7 Å². The minimum atomic E-state index is -0.463. The van der Waals surface area contributed by atoms with Gasteiger partial charge in [0.1, 0.15) is 5.82 Å². The van der Waals surface area contributed by atoms with E-state index in [1.807, 2.05) is 24.3 Å². The Kier molecular flexibility index (Phi) is 5.83. The van der Waals surface area contributed by atoms with Crippen LogP contribution in [-0.4, -0.2) is 23.1 Å². The van der Waals surface area contributed by atoms with E-state index in [2.05, 4.69) is 15.0 Å². The molecule has 1 aromatic heterocycles. The lowest BCUT2D eigenvalue weighted by Gasteiger charge is -2.24. The second-order valence-electron chi connectivity index (χ2n) is 6.92. The maximum atomic E-state index is 14.4. The van der Waals surface area contributed by atoms with Crippen LogP contribution < -0.4 is 22.3 Å². The fraction of sp³-hybridized carbons (Fsp3) is 0.0870. The number of anilines is 1. The van der Waals surface area contributed by atoms with Gasteiger partial charge in [0, 0.05) is 30.1 Å². The number of hydrogen-bond donors (Lipinski definition) is 3. The summed E-state index contributed by atoms with van der Waals surface area (Å²) in [7, 11) is 0. The molecule has 0 aliphatic carbocycles. The summed E-state index contributed by atoms with van der Waals surface area (Å²) in [5.41, 5.74) is 16.2. The number of amidine groups is 1. The molecule has 1 aliphatic rings. The molecule has 0 amide bonds. The van der Waals surface area contributed by atoms with Gasteiger partial charge in [-0.15, -0.1) is 0 Å². The van der Waals surface area contributed by atoms with Gasteiger partial charge in [0.25, 0.3) is 0 Å². The SMILES string of the molecule is NCc1ccc(C2=NCC(/C(N)=C(\c3ccncc3)N(N)c3ccccc3F)=N2)cc1. The van der Waals surface area contributed by atoms with Gasteiger partial charge in [0.05, 0.1) is 29.3 Å². The van der Waals surface area contributed by atoms with Gasteiger partial charge in [0.15, 0.2) is 5.84 Å². The number of hydrazine groups is 1. The first-order chi connectivity index (χ1) is 15.1. The molecule has 0 atom stereocenters. The first kappa shape index (κ1) is 20.4. The predicted octanol–water partition coefficient (Wildman–Crippen LogP) is 2.59. The zero-order chi connectivity index (χ0) is 21.8. The molecule has 1 aliphatic heterocycles. The van der Waals surface area contributed by atoms with Gasteiger partial charge in [-0.1, -0.05) is 36.4 Å². The molecule has 3 aromatic rings. The van der Waals surface area contributed by atoms with E-state index in [-0.39, 0.29) is 5.69 Å². The summed E-state index contributed by atoms with van der Waals surface area (Å²) in [5.74, 6) is 6.46. The number of para-hydroxylation sites is 1. The van der Waals surface area contributed by atoms with Crippen molar-refractivity contribution in [2.75, 3.05) is 11.6 Å². The number of hydrogen-bond acceptors (Lipinski definition) is 7. The Morgan fingerprint density at radius 1 is 1.00 bits per heavy atom. The van der Waals surface area contributed by atoms with Gasteiger partial charge in [-0.25, -0.2) is 15.2 Å². The highest BCUT2D eigenvalue weighted by atomic mass is 19.1. The third-order valence-electron chi connectivity index (χ3n) is 4.94. The van der Waals surface area contributed by atoms with E-state index < -0.39 is 5.82 Å². The number of pyridine rings is 1. The number of aromatic nitrogens is 1. The predicted molar refractivity (Wildman–Crippen MR) is 122 cm³/mol. The van der Waals surface area contributed by atoms with E-state index in [9.17, 15) is 4.39 Å². The van der Waals surface area contributed by atoms with Crippen LogP contribution in [0.5, 0.6) is 0 Å². The molecular formula is C23H22FN7. The molecule has 0 fully saturated rings. The summed E-state index contributed by atoms with van der Waals surface area (Å²) in [5, 5.41) is 1.23.